The van der Waals surface area contributed by atoms with Crippen LogP contribution in [0, 0.1) is 11.3 Å². The Balaban J connectivity index is 0.00000182. The largest absolute Gasteiger partial charge is 1.00 e. The van der Waals surface area contributed by atoms with Crippen LogP contribution in [0.2, 0.25) is 0 Å². The van der Waals surface area contributed by atoms with Gasteiger partial charge in [0.25, 0.3) is 10.4 Å². The number of hydrogen-bond acceptors (Lipinski definition) is 5. The molecule has 25 heavy (non-hydrogen) atoms. The SMILES string of the molecule is C[C@]12CC[C@H]3C(=CCc4cc(OS(=O)(=O)[O-])ccc43)[C@@H]1CC[C@H]2O.[Na+]. The van der Waals surface area contributed by atoms with Crippen LogP contribution in [0.5, 0.6) is 5.75 Å². The predicted octanol–water partition coefficient (Wildman–Crippen LogP) is -0.333. The first kappa shape index (κ1) is 19.4. The van der Waals surface area contributed by atoms with E-state index >= 15 is 0 Å². The van der Waals surface area contributed by atoms with Crippen LogP contribution in [0.4, 0.5) is 0 Å². The zero-order valence-electron chi connectivity index (χ0n) is 14.6. The first-order valence-electron chi connectivity index (χ1n) is 8.44. The summed E-state index contributed by atoms with van der Waals surface area (Å²) in [5.74, 6) is 0.838. The summed E-state index contributed by atoms with van der Waals surface area (Å²) in [6.45, 7) is 2.21. The van der Waals surface area contributed by atoms with Crippen molar-refractivity contribution in [2.75, 3.05) is 0 Å². The average molecular weight is 372 g/mol. The third kappa shape index (κ3) is 3.33. The minimum atomic E-state index is -4.75. The Kier molecular flexibility index (Phi) is 5.17. The normalized spacial score (nSPS) is 33.4. The van der Waals surface area contributed by atoms with Crippen molar-refractivity contribution in [2.45, 2.75) is 51.0 Å². The zero-order chi connectivity index (χ0) is 17.1. The Labute approximate surface area is 170 Å². The molecule has 0 aromatic heterocycles. The van der Waals surface area contributed by atoms with Crippen LogP contribution in [0.15, 0.2) is 29.8 Å². The fourth-order valence-electron chi connectivity index (χ4n) is 5.09. The number of rotatable bonds is 2. The van der Waals surface area contributed by atoms with Crippen LogP contribution in [0.3, 0.4) is 0 Å². The maximum Gasteiger partial charge on any atom is 1.00 e. The van der Waals surface area contributed by atoms with Crippen LogP contribution in [0.25, 0.3) is 0 Å². The molecule has 2 saturated carbocycles. The topological polar surface area (TPSA) is 86.7 Å². The molecule has 1 aromatic rings. The molecule has 0 aliphatic heterocycles. The van der Waals surface area contributed by atoms with E-state index in [1.165, 1.54) is 11.1 Å². The smallest absolute Gasteiger partial charge is 0.716 e. The third-order valence-corrected chi connectivity index (χ3v) is 6.70. The van der Waals surface area contributed by atoms with Gasteiger partial charge in [-0.1, -0.05) is 24.6 Å². The summed E-state index contributed by atoms with van der Waals surface area (Å²) < 4.78 is 36.8. The van der Waals surface area contributed by atoms with Crippen LogP contribution in [0.1, 0.15) is 49.7 Å². The molecule has 0 unspecified atom stereocenters. The molecule has 0 saturated heterocycles. The van der Waals surface area contributed by atoms with E-state index < -0.39 is 10.4 Å². The van der Waals surface area contributed by atoms with Gasteiger partial charge in [-0.25, -0.2) is 8.42 Å². The summed E-state index contributed by atoms with van der Waals surface area (Å²) in [5, 5.41) is 10.4. The Bertz CT molecular complexity index is 819. The molecule has 3 aliphatic carbocycles. The number of fused-ring (bicyclic) bond motifs is 5. The van der Waals surface area contributed by atoms with Gasteiger partial charge in [-0.05, 0) is 61.3 Å². The second-order valence-electron chi connectivity index (χ2n) is 7.50. The van der Waals surface area contributed by atoms with E-state index in [1.807, 2.05) is 6.07 Å². The van der Waals surface area contributed by atoms with Gasteiger partial charge in [-0.15, -0.1) is 0 Å². The summed E-state index contributed by atoms with van der Waals surface area (Å²) in [5.41, 5.74) is 3.64. The molecule has 0 radical (unpaired) electrons. The van der Waals surface area contributed by atoms with Gasteiger partial charge < -0.3 is 13.8 Å². The van der Waals surface area contributed by atoms with E-state index in [2.05, 4.69) is 17.2 Å². The molecule has 130 valence electrons. The van der Waals surface area contributed by atoms with Crippen molar-refractivity contribution in [1.82, 2.24) is 0 Å². The van der Waals surface area contributed by atoms with E-state index in [4.69, 9.17) is 0 Å². The van der Waals surface area contributed by atoms with Gasteiger partial charge in [-0.3, -0.25) is 0 Å². The summed E-state index contributed by atoms with van der Waals surface area (Å²) in [4.78, 5) is 0. The van der Waals surface area contributed by atoms with Crippen molar-refractivity contribution in [3.8, 4) is 5.75 Å². The molecule has 4 rings (SSSR count). The standard InChI is InChI=1S/C18H22O5S.Na/c1-18-9-8-14-13-5-3-12(23-24(20,21)22)10-11(13)2-4-15(14)16(18)6-7-17(18)19;/h3-5,10,14,16-17,19H,2,6-9H2,1H3,(H,20,21,22);/q;+1/p-1/t14-,16+,17-,18+;/m1./s1. The number of hydrogen-bond donors (Lipinski definition) is 1. The van der Waals surface area contributed by atoms with Gasteiger partial charge in [0.15, 0.2) is 0 Å². The molecule has 7 heteroatoms. The van der Waals surface area contributed by atoms with Gasteiger partial charge >= 0.3 is 29.6 Å². The minimum Gasteiger partial charge on any atom is -0.716 e. The first-order chi connectivity index (χ1) is 11.3. The van der Waals surface area contributed by atoms with E-state index in [9.17, 15) is 18.1 Å². The second-order valence-corrected chi connectivity index (χ2v) is 8.49. The molecule has 1 aromatic carbocycles. The Hall–Kier alpha value is -0.370. The van der Waals surface area contributed by atoms with Crippen molar-refractivity contribution < 1.29 is 51.8 Å². The van der Waals surface area contributed by atoms with Gasteiger partial charge in [-0.2, -0.15) is 0 Å². The van der Waals surface area contributed by atoms with Crippen molar-refractivity contribution in [3.05, 3.63) is 41.0 Å². The molecular weight excluding hydrogens is 351 g/mol. The maximum absolute atomic E-state index is 10.8. The Morgan fingerprint density at radius 3 is 2.76 bits per heavy atom. The van der Waals surface area contributed by atoms with Gasteiger partial charge in [0.1, 0.15) is 5.75 Å². The van der Waals surface area contributed by atoms with Crippen LogP contribution in [-0.4, -0.2) is 24.2 Å². The molecule has 2 fully saturated rings. The number of allylic oxidation sites excluding steroid dienone is 2. The molecule has 0 spiro atoms. The fourth-order valence-corrected chi connectivity index (χ4v) is 5.42. The molecule has 3 aliphatic rings. The van der Waals surface area contributed by atoms with Gasteiger partial charge in [0.05, 0.1) is 6.10 Å². The van der Waals surface area contributed by atoms with Crippen molar-refractivity contribution in [2.24, 2.45) is 11.3 Å². The maximum atomic E-state index is 10.8. The minimum absolute atomic E-state index is 0. The van der Waals surface area contributed by atoms with Gasteiger partial charge in [0.2, 0.25) is 0 Å². The quantitative estimate of drug-likeness (QED) is 0.332. The van der Waals surface area contributed by atoms with Crippen molar-refractivity contribution >= 4 is 10.4 Å². The van der Waals surface area contributed by atoms with Crippen molar-refractivity contribution in [1.29, 1.82) is 0 Å². The summed E-state index contributed by atoms with van der Waals surface area (Å²) in [7, 11) is -4.75. The molecule has 0 heterocycles. The first-order valence-corrected chi connectivity index (χ1v) is 9.77. The molecule has 0 amide bonds. The van der Waals surface area contributed by atoms with Gasteiger partial charge in [0, 0.05) is 11.3 Å². The predicted molar refractivity (Wildman–Crippen MR) is 87.4 cm³/mol. The third-order valence-electron chi connectivity index (χ3n) is 6.31. The van der Waals surface area contributed by atoms with Crippen molar-refractivity contribution in [3.63, 3.8) is 0 Å². The summed E-state index contributed by atoms with van der Waals surface area (Å²) in [6, 6.07) is 5.12. The molecule has 1 N–H and O–H groups in total. The fraction of sp³-hybridized carbons (Fsp3) is 0.556. The number of aliphatic hydroxyl groups is 1. The molecule has 5 nitrogen and oxygen atoms in total. The second kappa shape index (κ2) is 6.66. The molecule has 4 atom stereocenters. The van der Waals surface area contributed by atoms with Crippen LogP contribution < -0.4 is 33.7 Å². The Morgan fingerprint density at radius 1 is 1.28 bits per heavy atom. The van der Waals surface area contributed by atoms with E-state index in [0.29, 0.717) is 18.3 Å². The average Bonchev–Trinajstić information content (AvgIpc) is 2.81. The Morgan fingerprint density at radius 2 is 2.04 bits per heavy atom. The van der Waals surface area contributed by atoms with Crippen LogP contribution in [-0.2, 0) is 16.8 Å². The van der Waals surface area contributed by atoms with E-state index in [0.717, 1.165) is 31.2 Å². The number of aliphatic hydroxyl groups excluding tert-OH is 1. The van der Waals surface area contributed by atoms with Crippen LogP contribution >= 0.6 is 0 Å². The molecular formula is C18H21NaO5S. The summed E-state index contributed by atoms with van der Waals surface area (Å²) in [6.07, 6.45) is 6.61. The number of benzene rings is 1. The summed E-state index contributed by atoms with van der Waals surface area (Å²) >= 11 is 0. The zero-order valence-corrected chi connectivity index (χ0v) is 17.4. The van der Waals surface area contributed by atoms with E-state index in [-0.39, 0.29) is 46.8 Å². The molecule has 0 bridgehead atoms. The monoisotopic (exact) mass is 372 g/mol. The van der Waals surface area contributed by atoms with E-state index in [1.54, 1.807) is 12.1 Å².